The maximum Gasteiger partial charge on any atom is 0.343 e. The van der Waals surface area contributed by atoms with Crippen molar-refractivity contribution in [2.24, 2.45) is 0 Å². The van der Waals surface area contributed by atoms with Crippen LogP contribution in [0, 0.1) is 21.7 Å². The highest BCUT2D eigenvalue weighted by Crippen LogP contribution is 2.28. The lowest BCUT2D eigenvalue weighted by atomic mass is 10.2. The fourth-order valence-corrected chi connectivity index (χ4v) is 1.47. The Bertz CT molecular complexity index is 671. The molecule has 0 fully saturated rings. The van der Waals surface area contributed by atoms with E-state index >= 15 is 0 Å². The molecule has 0 spiro atoms. The molecule has 0 saturated heterocycles. The predicted octanol–water partition coefficient (Wildman–Crippen LogP) is 3.09. The molecule has 2 aromatic rings. The number of halogens is 2. The average molecular weight is 279 g/mol. The molecule has 0 heterocycles. The molecule has 0 atom stereocenters. The van der Waals surface area contributed by atoms with E-state index in [1.54, 1.807) is 0 Å². The Balaban J connectivity index is 2.29. The lowest BCUT2D eigenvalue weighted by molar-refractivity contribution is -0.385. The molecule has 0 saturated carbocycles. The summed E-state index contributed by atoms with van der Waals surface area (Å²) in [5.74, 6) is -2.78. The van der Waals surface area contributed by atoms with Crippen molar-refractivity contribution in [2.45, 2.75) is 0 Å². The summed E-state index contributed by atoms with van der Waals surface area (Å²) in [6.07, 6.45) is 0. The molecule has 0 bridgehead atoms. The highest BCUT2D eigenvalue weighted by Gasteiger charge is 2.19. The second-order valence-electron chi connectivity index (χ2n) is 3.77. The topological polar surface area (TPSA) is 69.4 Å². The number of nitro benzene ring substituents is 1. The van der Waals surface area contributed by atoms with Crippen LogP contribution in [0.2, 0.25) is 0 Å². The summed E-state index contributed by atoms with van der Waals surface area (Å²) in [4.78, 5) is 21.7. The molecule has 0 amide bonds. The van der Waals surface area contributed by atoms with Crippen molar-refractivity contribution in [3.63, 3.8) is 0 Å². The van der Waals surface area contributed by atoms with Gasteiger partial charge in [-0.2, -0.15) is 0 Å². The van der Waals surface area contributed by atoms with Gasteiger partial charge in [-0.15, -0.1) is 0 Å². The summed E-state index contributed by atoms with van der Waals surface area (Å²) in [7, 11) is 0. The van der Waals surface area contributed by atoms with Crippen LogP contribution in [0.4, 0.5) is 14.5 Å². The van der Waals surface area contributed by atoms with Crippen LogP contribution >= 0.6 is 0 Å². The Kier molecular flexibility index (Phi) is 3.69. The van der Waals surface area contributed by atoms with Crippen molar-refractivity contribution in [1.29, 1.82) is 0 Å². The number of benzene rings is 2. The highest BCUT2D eigenvalue weighted by atomic mass is 19.1. The number of carbonyl (C=O) groups is 1. The van der Waals surface area contributed by atoms with Crippen molar-refractivity contribution >= 4 is 11.7 Å². The number of nitro groups is 1. The number of nitrogens with zero attached hydrogens (tertiary/aromatic N) is 1. The SMILES string of the molecule is O=C(Oc1cc(F)ccc1[N+](=O)[O-])c1ccc(F)cc1. The second-order valence-corrected chi connectivity index (χ2v) is 3.77. The fraction of sp³-hybridized carbons (Fsp3) is 0. The maximum atomic E-state index is 13.1. The van der Waals surface area contributed by atoms with Crippen LogP contribution in [0.1, 0.15) is 10.4 Å². The van der Waals surface area contributed by atoms with Gasteiger partial charge in [-0.1, -0.05) is 0 Å². The number of esters is 1. The third kappa shape index (κ3) is 2.94. The van der Waals surface area contributed by atoms with E-state index in [4.69, 9.17) is 4.74 Å². The Morgan fingerprint density at radius 2 is 1.65 bits per heavy atom. The summed E-state index contributed by atoms with van der Waals surface area (Å²) in [5, 5.41) is 10.7. The van der Waals surface area contributed by atoms with Crippen LogP contribution < -0.4 is 4.74 Å². The lowest BCUT2D eigenvalue weighted by Crippen LogP contribution is -2.10. The van der Waals surface area contributed by atoms with E-state index < -0.39 is 34.0 Å². The molecule has 2 aromatic carbocycles. The monoisotopic (exact) mass is 279 g/mol. The van der Waals surface area contributed by atoms with Gasteiger partial charge in [0.05, 0.1) is 10.5 Å². The Morgan fingerprint density at radius 1 is 1.05 bits per heavy atom. The minimum absolute atomic E-state index is 0.00930. The molecule has 0 aliphatic carbocycles. The highest BCUT2D eigenvalue weighted by molar-refractivity contribution is 5.91. The summed E-state index contributed by atoms with van der Waals surface area (Å²) in [5.41, 5.74) is -0.549. The molecule has 0 aromatic heterocycles. The molecular formula is C13H7F2NO4. The lowest BCUT2D eigenvalue weighted by Gasteiger charge is -2.05. The van der Waals surface area contributed by atoms with Gasteiger partial charge in [0, 0.05) is 12.1 Å². The summed E-state index contributed by atoms with van der Waals surface area (Å²) in [6, 6.07) is 6.90. The first kappa shape index (κ1) is 13.6. The summed E-state index contributed by atoms with van der Waals surface area (Å²) < 4.78 is 30.5. The number of ether oxygens (including phenoxy) is 1. The smallest absolute Gasteiger partial charge is 0.343 e. The van der Waals surface area contributed by atoms with E-state index in [0.717, 1.165) is 42.5 Å². The van der Waals surface area contributed by atoms with E-state index in [-0.39, 0.29) is 5.56 Å². The number of hydrogen-bond acceptors (Lipinski definition) is 4. The molecule has 2 rings (SSSR count). The Labute approximate surface area is 111 Å². The molecule has 102 valence electrons. The zero-order valence-electron chi connectivity index (χ0n) is 9.88. The molecule has 0 unspecified atom stereocenters. The molecule has 0 aliphatic heterocycles. The van der Waals surface area contributed by atoms with Crippen molar-refractivity contribution in [3.8, 4) is 5.75 Å². The largest absolute Gasteiger partial charge is 0.415 e. The first-order chi connectivity index (χ1) is 9.47. The minimum Gasteiger partial charge on any atom is -0.415 e. The summed E-state index contributed by atoms with van der Waals surface area (Å²) in [6.45, 7) is 0. The molecule has 0 aliphatic rings. The predicted molar refractivity (Wildman–Crippen MR) is 64.4 cm³/mol. The van der Waals surface area contributed by atoms with Crippen molar-refractivity contribution < 1.29 is 23.2 Å². The zero-order valence-corrected chi connectivity index (χ0v) is 9.88. The molecule has 0 N–H and O–H groups in total. The summed E-state index contributed by atoms with van der Waals surface area (Å²) >= 11 is 0. The van der Waals surface area contributed by atoms with Crippen LogP contribution in [0.15, 0.2) is 42.5 Å². The van der Waals surface area contributed by atoms with Gasteiger partial charge >= 0.3 is 11.7 Å². The third-order valence-corrected chi connectivity index (χ3v) is 2.40. The van der Waals surface area contributed by atoms with Gasteiger partial charge in [0.25, 0.3) is 0 Å². The van der Waals surface area contributed by atoms with Crippen LogP contribution in [0.25, 0.3) is 0 Å². The quantitative estimate of drug-likeness (QED) is 0.374. The van der Waals surface area contributed by atoms with Gasteiger partial charge in [-0.3, -0.25) is 10.1 Å². The number of hydrogen-bond donors (Lipinski definition) is 0. The normalized spacial score (nSPS) is 10.1. The van der Waals surface area contributed by atoms with E-state index in [9.17, 15) is 23.7 Å². The number of rotatable bonds is 3. The molecule has 0 radical (unpaired) electrons. The first-order valence-corrected chi connectivity index (χ1v) is 5.39. The van der Waals surface area contributed by atoms with E-state index in [1.807, 2.05) is 0 Å². The van der Waals surface area contributed by atoms with Gasteiger partial charge < -0.3 is 4.74 Å². The first-order valence-electron chi connectivity index (χ1n) is 5.39. The second kappa shape index (κ2) is 5.43. The molecular weight excluding hydrogens is 272 g/mol. The van der Waals surface area contributed by atoms with Gasteiger partial charge in [-0.25, -0.2) is 13.6 Å². The van der Waals surface area contributed by atoms with Gasteiger partial charge in [-0.05, 0) is 30.3 Å². The molecule has 5 nitrogen and oxygen atoms in total. The number of carbonyl (C=O) groups excluding carboxylic acids is 1. The van der Waals surface area contributed by atoms with E-state index in [0.29, 0.717) is 0 Å². The maximum absolute atomic E-state index is 13.1. The van der Waals surface area contributed by atoms with Crippen molar-refractivity contribution in [2.75, 3.05) is 0 Å². The molecule has 7 heteroatoms. The molecule has 20 heavy (non-hydrogen) atoms. The van der Waals surface area contributed by atoms with Crippen LogP contribution in [0.3, 0.4) is 0 Å². The minimum atomic E-state index is -0.946. The van der Waals surface area contributed by atoms with Gasteiger partial charge in [0.1, 0.15) is 11.6 Å². The van der Waals surface area contributed by atoms with Crippen molar-refractivity contribution in [1.82, 2.24) is 0 Å². The van der Waals surface area contributed by atoms with Gasteiger partial charge in [0.2, 0.25) is 5.75 Å². The van der Waals surface area contributed by atoms with E-state index in [2.05, 4.69) is 0 Å². The van der Waals surface area contributed by atoms with Crippen molar-refractivity contribution in [3.05, 3.63) is 69.8 Å². The van der Waals surface area contributed by atoms with Crippen LogP contribution in [-0.2, 0) is 0 Å². The average Bonchev–Trinajstić information content (AvgIpc) is 2.39. The van der Waals surface area contributed by atoms with Crippen LogP contribution in [0.5, 0.6) is 5.75 Å². The fourth-order valence-electron chi connectivity index (χ4n) is 1.47. The Hall–Kier alpha value is -2.83. The standard InChI is InChI=1S/C13H7F2NO4/c14-9-3-1-8(2-4-9)13(17)20-12-7-10(15)5-6-11(12)16(18)19/h1-7H. The Morgan fingerprint density at radius 3 is 2.25 bits per heavy atom. The zero-order chi connectivity index (χ0) is 14.7. The van der Waals surface area contributed by atoms with Crippen LogP contribution in [-0.4, -0.2) is 10.9 Å². The van der Waals surface area contributed by atoms with E-state index in [1.165, 1.54) is 0 Å². The van der Waals surface area contributed by atoms with Gasteiger partial charge in [0.15, 0.2) is 0 Å². The third-order valence-electron chi connectivity index (χ3n) is 2.40.